The third-order valence-corrected chi connectivity index (χ3v) is 2.78. The summed E-state index contributed by atoms with van der Waals surface area (Å²) in [6.45, 7) is -0.539. The van der Waals surface area contributed by atoms with Crippen molar-refractivity contribution in [1.82, 2.24) is 9.30 Å². The molecule has 0 radical (unpaired) electrons. The summed E-state index contributed by atoms with van der Waals surface area (Å²) in [6, 6.07) is 0.899. The van der Waals surface area contributed by atoms with Gasteiger partial charge >= 0.3 is 5.69 Å². The minimum atomic E-state index is -1.46. The van der Waals surface area contributed by atoms with Crippen LogP contribution in [0.4, 0.5) is 0 Å². The van der Waals surface area contributed by atoms with E-state index >= 15 is 0 Å². The van der Waals surface area contributed by atoms with E-state index in [0.717, 1.165) is 16.8 Å². The Morgan fingerprint density at radius 2 is 1.94 bits per heavy atom. The van der Waals surface area contributed by atoms with Crippen molar-refractivity contribution in [3.63, 3.8) is 0 Å². The van der Waals surface area contributed by atoms with Gasteiger partial charge in [0.15, 0.2) is 6.23 Å². The average Bonchev–Trinajstić information content (AvgIpc) is 2.64. The molecule has 1 fully saturated rings. The second-order valence-corrected chi connectivity index (χ2v) is 3.88. The van der Waals surface area contributed by atoms with E-state index in [9.17, 15) is 19.8 Å². The van der Waals surface area contributed by atoms with E-state index < -0.39 is 42.4 Å². The molecule has 0 amide bonds. The Labute approximate surface area is 99.7 Å². The van der Waals surface area contributed by atoms with Crippen molar-refractivity contribution >= 4 is 0 Å². The molecule has 0 aromatic carbocycles. The molecule has 1 aromatic rings. The lowest BCUT2D eigenvalue weighted by molar-refractivity contribution is -0.0578. The Hall–Kier alpha value is -1.68. The highest BCUT2D eigenvalue weighted by Gasteiger charge is 2.43. The summed E-state index contributed by atoms with van der Waals surface area (Å²) in [4.78, 5) is 22.5. The van der Waals surface area contributed by atoms with E-state index in [1.807, 2.05) is 0 Å². The Morgan fingerprint density at radius 3 is 2.50 bits per heavy atom. The van der Waals surface area contributed by atoms with Gasteiger partial charge in [0, 0.05) is 12.3 Å². The van der Waals surface area contributed by atoms with Crippen LogP contribution in [0.5, 0.6) is 0 Å². The summed E-state index contributed by atoms with van der Waals surface area (Å²) in [5.74, 6) is 0. The molecule has 1 aromatic heterocycles. The summed E-state index contributed by atoms with van der Waals surface area (Å²) < 4.78 is 5.69. The molecule has 4 N–H and O–H groups in total. The van der Waals surface area contributed by atoms with Gasteiger partial charge in [-0.15, -0.1) is 0 Å². The van der Waals surface area contributed by atoms with Gasteiger partial charge in [0.25, 0.3) is 5.56 Å². The fourth-order valence-corrected chi connectivity index (χ4v) is 1.79. The molecule has 0 spiro atoms. The molecule has 0 bridgehead atoms. The second-order valence-electron chi connectivity index (χ2n) is 3.88. The zero-order valence-corrected chi connectivity index (χ0v) is 9.08. The van der Waals surface area contributed by atoms with Crippen LogP contribution in [0.2, 0.25) is 0 Å². The van der Waals surface area contributed by atoms with Crippen molar-refractivity contribution in [2.75, 3.05) is 6.61 Å². The number of hydrogen-bond donors (Lipinski definition) is 4. The fraction of sp³-hybridized carbons (Fsp3) is 0.556. The van der Waals surface area contributed by atoms with Crippen molar-refractivity contribution in [3.05, 3.63) is 33.1 Å². The lowest BCUT2D eigenvalue weighted by Crippen LogP contribution is -2.42. The van der Waals surface area contributed by atoms with E-state index in [-0.39, 0.29) is 4.73 Å². The third-order valence-electron chi connectivity index (χ3n) is 2.78. The average molecular weight is 260 g/mol. The molecule has 18 heavy (non-hydrogen) atoms. The minimum Gasteiger partial charge on any atom is -0.421 e. The van der Waals surface area contributed by atoms with Crippen LogP contribution in [0.25, 0.3) is 0 Å². The van der Waals surface area contributed by atoms with Crippen LogP contribution in [0.3, 0.4) is 0 Å². The van der Waals surface area contributed by atoms with Crippen molar-refractivity contribution in [2.24, 2.45) is 0 Å². The summed E-state index contributed by atoms with van der Waals surface area (Å²) in [7, 11) is 0. The van der Waals surface area contributed by atoms with Gasteiger partial charge in [0.05, 0.1) is 6.61 Å². The zero-order chi connectivity index (χ0) is 13.4. The molecule has 4 unspecified atom stereocenters. The molecule has 0 aliphatic carbocycles. The molecular weight excluding hydrogens is 248 g/mol. The minimum absolute atomic E-state index is 0.144. The molecule has 2 heterocycles. The molecule has 2 rings (SSSR count). The first-order chi connectivity index (χ1) is 8.47. The molecule has 1 aliphatic rings. The van der Waals surface area contributed by atoms with Gasteiger partial charge in [0.1, 0.15) is 18.3 Å². The highest BCUT2D eigenvalue weighted by Crippen LogP contribution is 2.27. The summed E-state index contributed by atoms with van der Waals surface area (Å²) in [5.41, 5.74) is -2.04. The Morgan fingerprint density at radius 1 is 1.28 bits per heavy atom. The molecule has 4 atom stereocenters. The molecule has 9 heteroatoms. The SMILES string of the molecule is O=c1ccn(C2OC(CO)C(O)C2O)c(=O)n1O. The molecule has 1 saturated heterocycles. The van der Waals surface area contributed by atoms with Gasteiger partial charge < -0.3 is 25.3 Å². The number of ether oxygens (including phenoxy) is 1. The monoisotopic (exact) mass is 260 g/mol. The largest absolute Gasteiger partial charge is 0.421 e. The quantitative estimate of drug-likeness (QED) is 0.413. The fourth-order valence-electron chi connectivity index (χ4n) is 1.79. The smallest absolute Gasteiger partial charge is 0.366 e. The van der Waals surface area contributed by atoms with E-state index in [4.69, 9.17) is 15.1 Å². The third kappa shape index (κ3) is 1.82. The number of nitrogens with zero attached hydrogens (tertiary/aromatic N) is 2. The van der Waals surface area contributed by atoms with Gasteiger partial charge in [-0.1, -0.05) is 4.73 Å². The maximum atomic E-state index is 11.6. The highest BCUT2D eigenvalue weighted by molar-refractivity contribution is 4.93. The normalized spacial score (nSPS) is 31.7. The van der Waals surface area contributed by atoms with E-state index in [1.54, 1.807) is 0 Å². The van der Waals surface area contributed by atoms with E-state index in [2.05, 4.69) is 0 Å². The lowest BCUT2D eigenvalue weighted by atomic mass is 10.1. The summed E-state index contributed by atoms with van der Waals surface area (Å²) in [6.07, 6.45) is -4.14. The summed E-state index contributed by atoms with van der Waals surface area (Å²) in [5, 5.41) is 37.2. The topological polar surface area (TPSA) is 134 Å². The predicted molar refractivity (Wildman–Crippen MR) is 55.2 cm³/mol. The molecule has 100 valence electrons. The molecule has 9 nitrogen and oxygen atoms in total. The maximum absolute atomic E-state index is 11.6. The molecular formula is C9H12N2O7. The number of hydrogen-bond acceptors (Lipinski definition) is 7. The van der Waals surface area contributed by atoms with Crippen LogP contribution in [0, 0.1) is 0 Å². The maximum Gasteiger partial charge on any atom is 0.366 e. The first-order valence-electron chi connectivity index (χ1n) is 5.13. The predicted octanol–water partition coefficient (Wildman–Crippen LogP) is -3.14. The molecule has 1 aliphatic heterocycles. The van der Waals surface area contributed by atoms with Crippen LogP contribution in [-0.4, -0.2) is 54.7 Å². The van der Waals surface area contributed by atoms with Gasteiger partial charge in [-0.05, 0) is 0 Å². The van der Waals surface area contributed by atoms with Crippen LogP contribution in [-0.2, 0) is 4.74 Å². The number of aliphatic hydroxyl groups is 3. The number of rotatable bonds is 2. The van der Waals surface area contributed by atoms with Gasteiger partial charge in [-0.2, -0.15) is 0 Å². The van der Waals surface area contributed by atoms with Crippen molar-refractivity contribution in [1.29, 1.82) is 0 Å². The van der Waals surface area contributed by atoms with Crippen LogP contribution >= 0.6 is 0 Å². The van der Waals surface area contributed by atoms with Crippen LogP contribution in [0.15, 0.2) is 21.9 Å². The Balaban J connectivity index is 2.42. The first-order valence-corrected chi connectivity index (χ1v) is 5.13. The Bertz CT molecular complexity index is 551. The van der Waals surface area contributed by atoms with Crippen molar-refractivity contribution < 1.29 is 25.3 Å². The van der Waals surface area contributed by atoms with Crippen molar-refractivity contribution in [2.45, 2.75) is 24.5 Å². The lowest BCUT2D eigenvalue weighted by Gasteiger charge is -2.17. The van der Waals surface area contributed by atoms with Crippen molar-refractivity contribution in [3.8, 4) is 0 Å². The highest BCUT2D eigenvalue weighted by atomic mass is 16.6. The summed E-state index contributed by atoms with van der Waals surface area (Å²) >= 11 is 0. The van der Waals surface area contributed by atoms with E-state index in [0.29, 0.717) is 0 Å². The zero-order valence-electron chi connectivity index (χ0n) is 9.08. The molecule has 0 saturated carbocycles. The number of aromatic nitrogens is 2. The van der Waals surface area contributed by atoms with Gasteiger partial charge in [-0.3, -0.25) is 9.36 Å². The van der Waals surface area contributed by atoms with Crippen LogP contribution < -0.4 is 11.2 Å². The van der Waals surface area contributed by atoms with Crippen LogP contribution in [0.1, 0.15) is 6.23 Å². The number of aliphatic hydroxyl groups excluding tert-OH is 3. The standard InChI is InChI=1S/C9H12N2O7/c12-3-4-6(14)7(15)8(18-4)10-2-1-5(13)11(17)9(10)16/h1-2,4,6-8,12,14-15,17H,3H2. The van der Waals surface area contributed by atoms with Gasteiger partial charge in [0.2, 0.25) is 0 Å². The first kappa shape index (κ1) is 12.8. The van der Waals surface area contributed by atoms with Gasteiger partial charge in [-0.25, -0.2) is 4.79 Å². The Kier molecular flexibility index (Phi) is 3.22. The van der Waals surface area contributed by atoms with E-state index in [1.165, 1.54) is 0 Å². The second kappa shape index (κ2) is 4.53.